The van der Waals surface area contributed by atoms with E-state index in [9.17, 15) is 4.57 Å². The molecule has 0 aliphatic carbocycles. The maximum Gasteiger partial charge on any atom is 0.229 e. The van der Waals surface area contributed by atoms with Crippen LogP contribution in [0.3, 0.4) is 0 Å². The van der Waals surface area contributed by atoms with Crippen LogP contribution in [0.25, 0.3) is 0 Å². The number of hydrogen-bond donors (Lipinski definition) is 2. The van der Waals surface area contributed by atoms with E-state index in [0.717, 1.165) is 11.0 Å². The summed E-state index contributed by atoms with van der Waals surface area (Å²) in [4.78, 5) is 10.8. The van der Waals surface area contributed by atoms with Crippen LogP contribution in [0.15, 0.2) is 48.7 Å². The normalized spacial score (nSPS) is 10.8. The van der Waals surface area contributed by atoms with Crippen molar-refractivity contribution in [3.05, 3.63) is 67.5 Å². The number of aromatic nitrogens is 2. The quantitative estimate of drug-likeness (QED) is 0.270. The summed E-state index contributed by atoms with van der Waals surface area (Å²) >= 11 is 6.34. The summed E-state index contributed by atoms with van der Waals surface area (Å²) in [5, 5.41) is 7.44. The molecule has 1 heterocycles. The fourth-order valence-electron chi connectivity index (χ4n) is 3.16. The molecular formula is C23H27ClN5O2PY-2. The van der Waals surface area contributed by atoms with E-state index in [0.29, 0.717) is 47.0 Å². The molecule has 0 amide bonds. The van der Waals surface area contributed by atoms with Crippen molar-refractivity contribution >= 4 is 52.9 Å². The molecule has 33 heavy (non-hydrogen) atoms. The first kappa shape index (κ1) is 27.6. The van der Waals surface area contributed by atoms with Gasteiger partial charge in [-0.2, -0.15) is 4.98 Å². The van der Waals surface area contributed by atoms with Crippen molar-refractivity contribution in [2.24, 2.45) is 0 Å². The fourth-order valence-corrected chi connectivity index (χ4v) is 4.46. The minimum absolute atomic E-state index is 0. The standard InChI is InChI=1S/C23H27ClN5O2P.Y/c1-6-29(7-2)16-12-13-18(20(14-16)31-3)27-23-25-15-17(24)22(28-23)26-19-10-8-9-11-21(19)32(4,5)30;/h8-15H,1-2,6-7H2,3-5H3,(H2,25,26,27,28);/q-2;. The third kappa shape index (κ3) is 6.92. The van der Waals surface area contributed by atoms with Gasteiger partial charge in [-0.1, -0.05) is 23.7 Å². The molecule has 2 N–H and O–H groups in total. The Bertz CT molecular complexity index is 1140. The van der Waals surface area contributed by atoms with Crippen molar-refractivity contribution in [1.29, 1.82) is 0 Å². The minimum atomic E-state index is -2.50. The SMILES string of the molecule is [CH2-]CN(C[CH2-])c1ccc(Nc2ncc(Cl)c(Nc3ccccc3P(C)(C)=O)n2)c(OC)c1.[Y]. The van der Waals surface area contributed by atoms with E-state index in [1.165, 1.54) is 6.20 Å². The van der Waals surface area contributed by atoms with Crippen LogP contribution in [0.1, 0.15) is 0 Å². The summed E-state index contributed by atoms with van der Waals surface area (Å²) in [6.45, 7) is 12.5. The Morgan fingerprint density at radius 2 is 1.79 bits per heavy atom. The van der Waals surface area contributed by atoms with Gasteiger partial charge in [-0.15, -0.1) is 13.1 Å². The summed E-state index contributed by atoms with van der Waals surface area (Å²) in [6, 6.07) is 13.1. The summed E-state index contributed by atoms with van der Waals surface area (Å²) in [5.74, 6) is 1.37. The molecule has 0 fully saturated rings. The number of benzene rings is 2. The zero-order valence-electron chi connectivity index (χ0n) is 19.0. The molecule has 0 bridgehead atoms. The Balaban J connectivity index is 0.00000385. The van der Waals surface area contributed by atoms with Crippen molar-refractivity contribution in [1.82, 2.24) is 9.97 Å². The van der Waals surface area contributed by atoms with Crippen LogP contribution in [-0.2, 0) is 37.3 Å². The van der Waals surface area contributed by atoms with Crippen molar-refractivity contribution < 1.29 is 42.0 Å². The number of para-hydroxylation sites is 1. The van der Waals surface area contributed by atoms with Crippen molar-refractivity contribution in [3.8, 4) is 5.75 Å². The van der Waals surface area contributed by atoms with E-state index in [1.54, 1.807) is 20.4 Å². The Morgan fingerprint density at radius 1 is 1.09 bits per heavy atom. The summed E-state index contributed by atoms with van der Waals surface area (Å²) in [5.41, 5.74) is 2.34. The van der Waals surface area contributed by atoms with Crippen LogP contribution in [0.4, 0.5) is 28.8 Å². The third-order valence-corrected chi connectivity index (χ3v) is 6.64. The van der Waals surface area contributed by atoms with Crippen molar-refractivity contribution in [2.45, 2.75) is 0 Å². The van der Waals surface area contributed by atoms with Gasteiger partial charge in [0.15, 0.2) is 5.82 Å². The van der Waals surface area contributed by atoms with Gasteiger partial charge in [0.2, 0.25) is 5.95 Å². The maximum absolute atomic E-state index is 12.7. The first-order chi connectivity index (χ1) is 15.3. The Kier molecular flexibility index (Phi) is 10.2. The van der Waals surface area contributed by atoms with Gasteiger partial charge in [0.1, 0.15) is 17.9 Å². The van der Waals surface area contributed by atoms with Crippen molar-refractivity contribution in [3.63, 3.8) is 0 Å². The minimum Gasteiger partial charge on any atom is -0.494 e. The Morgan fingerprint density at radius 3 is 2.42 bits per heavy atom. The second-order valence-electron chi connectivity index (χ2n) is 7.38. The first-order valence-corrected chi connectivity index (χ1v) is 13.0. The molecule has 3 aromatic rings. The number of nitrogens with zero attached hydrogens (tertiary/aromatic N) is 3. The fraction of sp³-hybridized carbons (Fsp3) is 0.217. The largest absolute Gasteiger partial charge is 0.494 e. The molecule has 0 aliphatic heterocycles. The molecule has 0 saturated heterocycles. The number of rotatable bonds is 9. The van der Waals surface area contributed by atoms with Crippen LogP contribution in [0.2, 0.25) is 5.02 Å². The van der Waals surface area contributed by atoms with Gasteiger partial charge in [0.25, 0.3) is 0 Å². The number of halogens is 1. The molecule has 0 atom stereocenters. The van der Waals surface area contributed by atoms with Gasteiger partial charge >= 0.3 is 0 Å². The van der Waals surface area contributed by atoms with Crippen LogP contribution < -0.4 is 25.6 Å². The molecule has 173 valence electrons. The second-order valence-corrected chi connectivity index (χ2v) is 11.0. The zero-order chi connectivity index (χ0) is 23.3. The molecule has 0 unspecified atom stereocenters. The summed E-state index contributed by atoms with van der Waals surface area (Å²) in [7, 11) is -0.897. The monoisotopic (exact) mass is 560 g/mol. The van der Waals surface area contributed by atoms with E-state index < -0.39 is 7.14 Å². The first-order valence-electron chi connectivity index (χ1n) is 9.99. The average Bonchev–Trinajstić information content (AvgIpc) is 2.77. The van der Waals surface area contributed by atoms with E-state index in [4.69, 9.17) is 16.3 Å². The maximum atomic E-state index is 12.7. The molecule has 1 aromatic heterocycles. The Hall–Kier alpha value is -1.66. The van der Waals surface area contributed by atoms with Crippen LogP contribution in [0.5, 0.6) is 5.75 Å². The van der Waals surface area contributed by atoms with E-state index in [2.05, 4.69) is 34.4 Å². The summed E-state index contributed by atoms with van der Waals surface area (Å²) < 4.78 is 18.2. The smallest absolute Gasteiger partial charge is 0.229 e. The number of nitrogens with one attached hydrogen (secondary N) is 2. The zero-order valence-corrected chi connectivity index (χ0v) is 23.5. The van der Waals surface area contributed by atoms with E-state index >= 15 is 0 Å². The van der Waals surface area contributed by atoms with Gasteiger partial charge in [-0.25, -0.2) is 4.98 Å². The van der Waals surface area contributed by atoms with Crippen molar-refractivity contribution in [2.75, 3.05) is 49.1 Å². The average molecular weight is 561 g/mol. The molecular weight excluding hydrogens is 534 g/mol. The van der Waals surface area contributed by atoms with Crippen LogP contribution in [-0.4, -0.2) is 43.5 Å². The third-order valence-electron chi connectivity index (χ3n) is 4.82. The molecule has 0 saturated carbocycles. The van der Waals surface area contributed by atoms with E-state index in [-0.39, 0.29) is 32.7 Å². The van der Waals surface area contributed by atoms with Crippen LogP contribution in [0, 0.1) is 13.8 Å². The van der Waals surface area contributed by atoms with Gasteiger partial charge in [0.05, 0.1) is 24.7 Å². The predicted molar refractivity (Wildman–Crippen MR) is 135 cm³/mol. The van der Waals surface area contributed by atoms with E-state index in [1.807, 2.05) is 47.4 Å². The number of hydrogen-bond acceptors (Lipinski definition) is 7. The number of ether oxygens (including phenoxy) is 1. The van der Waals surface area contributed by atoms with Gasteiger partial charge < -0.3 is 38.7 Å². The number of anilines is 5. The molecule has 2 aromatic carbocycles. The van der Waals surface area contributed by atoms with Crippen LogP contribution >= 0.6 is 18.7 Å². The molecule has 3 rings (SSSR count). The molecule has 7 nitrogen and oxygen atoms in total. The van der Waals surface area contributed by atoms with Gasteiger partial charge in [-0.05, 0) is 37.6 Å². The van der Waals surface area contributed by atoms with Gasteiger partial charge in [-0.3, -0.25) is 0 Å². The topological polar surface area (TPSA) is 79.4 Å². The second kappa shape index (κ2) is 12.2. The molecule has 1 radical (unpaired) electrons. The predicted octanol–water partition coefficient (Wildman–Crippen LogP) is 5.35. The van der Waals surface area contributed by atoms with Gasteiger partial charge in [0, 0.05) is 49.8 Å². The summed E-state index contributed by atoms with van der Waals surface area (Å²) in [6.07, 6.45) is 1.51. The molecule has 0 aliphatic rings. The molecule has 10 heteroatoms. The molecule has 0 spiro atoms. The number of methoxy groups -OCH3 is 1. The Labute approximate surface area is 225 Å².